The maximum absolute atomic E-state index is 14.5. The zero-order valence-corrected chi connectivity index (χ0v) is 37.7. The van der Waals surface area contributed by atoms with Crippen LogP contribution in [0.5, 0.6) is 23.0 Å². The number of methoxy groups -OCH3 is 1. The number of hydrogen-bond acceptors (Lipinski definition) is 15. The molecule has 0 unspecified atom stereocenters. The summed E-state index contributed by atoms with van der Waals surface area (Å²) in [6.45, 7) is 13.1. The molecule has 4 heterocycles. The standard InChI is InChI=1S/C44H61N3O14S/c1-21-12-11-13-22(2)43(55)45-34-29(20-47-17-14-28(15-18-47)46-62(10,56)57)38(52)31-32(39(34)53)37(51)26(6)41-33(31)42(54)44(8,61-41)59-19-16-30(58-9)23(3)40(60-27(7)48)25(5)36(50)24(4)35(21)49/h11-13,16,19,21,23-25,28,30,35-36,40,46,49-53H,14-15,17-18,20H2,1-10H3,(H,45,55)/b12-11+,19-16+,22-13-/t21-,23+,24+,25+,30-,35-,36+,40+,44-/m0/s1. The number of esters is 1. The predicted octanol–water partition coefficient (Wildman–Crippen LogP) is 4.27. The van der Waals surface area contributed by atoms with E-state index in [0.29, 0.717) is 25.9 Å². The molecule has 1 amide bonds. The lowest BCUT2D eigenvalue weighted by Gasteiger charge is -2.38. The monoisotopic (exact) mass is 887 g/mol. The van der Waals surface area contributed by atoms with E-state index in [2.05, 4.69) is 10.0 Å². The van der Waals surface area contributed by atoms with Gasteiger partial charge in [-0.25, -0.2) is 13.1 Å². The quantitative estimate of drug-likeness (QED) is 0.122. The first-order valence-corrected chi connectivity index (χ1v) is 22.6. The Hall–Kier alpha value is -4.72. The van der Waals surface area contributed by atoms with Crippen LogP contribution in [-0.2, 0) is 40.4 Å². The lowest BCUT2D eigenvalue weighted by atomic mass is 9.78. The number of benzene rings is 2. The number of ether oxygens (including phenoxy) is 4. The highest BCUT2D eigenvalue weighted by Crippen LogP contribution is 2.55. The topological polar surface area (TPSA) is 251 Å². The second-order valence-corrected chi connectivity index (χ2v) is 18.9. The van der Waals surface area contributed by atoms with E-state index in [1.807, 2.05) is 4.90 Å². The van der Waals surface area contributed by atoms with Crippen LogP contribution in [0.15, 0.2) is 36.1 Å². The summed E-state index contributed by atoms with van der Waals surface area (Å²) in [5.74, 6) is -8.48. The largest absolute Gasteiger partial charge is 0.507 e. The number of aromatic hydroxyl groups is 3. The van der Waals surface area contributed by atoms with Gasteiger partial charge in [0, 0.05) is 92.4 Å². The molecular formula is C44H61N3O14S. The molecule has 4 aliphatic rings. The van der Waals surface area contributed by atoms with Gasteiger partial charge in [-0.15, -0.1) is 0 Å². The fourth-order valence-electron chi connectivity index (χ4n) is 8.68. The third-order valence-electron chi connectivity index (χ3n) is 12.4. The van der Waals surface area contributed by atoms with E-state index < -0.39 is 98.8 Å². The highest BCUT2D eigenvalue weighted by atomic mass is 32.2. The van der Waals surface area contributed by atoms with Gasteiger partial charge in [0.15, 0.2) is 5.75 Å². The van der Waals surface area contributed by atoms with Gasteiger partial charge in [-0.1, -0.05) is 45.9 Å². The van der Waals surface area contributed by atoms with Crippen LogP contribution in [0, 0.1) is 30.6 Å². The van der Waals surface area contributed by atoms with E-state index in [0.717, 1.165) is 6.26 Å². The number of amides is 1. The van der Waals surface area contributed by atoms with Crippen molar-refractivity contribution in [2.24, 2.45) is 23.7 Å². The number of fused-ring (bicyclic) bond motifs is 14. The Morgan fingerprint density at radius 1 is 0.968 bits per heavy atom. The number of carbonyl (C=O) groups is 3. The number of allylic oxidation sites excluding steroid dienone is 2. The fraction of sp³-hybridized carbons (Fsp3) is 0.568. The predicted molar refractivity (Wildman–Crippen MR) is 230 cm³/mol. The van der Waals surface area contributed by atoms with Crippen molar-refractivity contribution in [3.05, 3.63) is 52.8 Å². The maximum atomic E-state index is 14.5. The van der Waals surface area contributed by atoms with Gasteiger partial charge in [-0.2, -0.15) is 0 Å². The van der Waals surface area contributed by atoms with Crippen LogP contribution in [0.3, 0.4) is 0 Å². The first kappa shape index (κ1) is 48.3. The second-order valence-electron chi connectivity index (χ2n) is 17.1. The van der Waals surface area contributed by atoms with E-state index in [-0.39, 0.29) is 57.1 Å². The average molecular weight is 888 g/mol. The number of nitrogens with zero attached hydrogens (tertiary/aromatic N) is 1. The summed E-state index contributed by atoms with van der Waals surface area (Å²) in [5.41, 5.74) is -0.208. The van der Waals surface area contributed by atoms with Crippen molar-refractivity contribution in [2.75, 3.05) is 31.8 Å². The highest BCUT2D eigenvalue weighted by molar-refractivity contribution is 7.88. The number of rotatable bonds is 6. The van der Waals surface area contributed by atoms with Crippen LogP contribution in [0.2, 0.25) is 0 Å². The molecule has 0 aliphatic carbocycles. The van der Waals surface area contributed by atoms with Crippen LogP contribution >= 0.6 is 0 Å². The number of phenols is 3. The van der Waals surface area contributed by atoms with Crippen molar-refractivity contribution in [3.8, 4) is 23.0 Å². The van der Waals surface area contributed by atoms with Gasteiger partial charge in [-0.05, 0) is 32.8 Å². The molecule has 342 valence electrons. The normalized spacial score (nSPS) is 31.5. The number of likely N-dealkylation sites (tertiary alicyclic amines) is 1. The summed E-state index contributed by atoms with van der Waals surface area (Å²) in [6, 6.07) is -0.328. The molecule has 0 radical (unpaired) electrons. The van der Waals surface area contributed by atoms with Gasteiger partial charge in [0.05, 0.1) is 47.5 Å². The van der Waals surface area contributed by atoms with Crippen LogP contribution in [0.1, 0.15) is 82.8 Å². The highest BCUT2D eigenvalue weighted by Gasteiger charge is 2.50. The number of phenolic OH excluding ortho intramolecular Hbond substituents is 3. The van der Waals surface area contributed by atoms with Gasteiger partial charge in [0.1, 0.15) is 23.4 Å². The Morgan fingerprint density at radius 2 is 1.61 bits per heavy atom. The molecular weight excluding hydrogens is 827 g/mol. The van der Waals surface area contributed by atoms with Crippen molar-refractivity contribution < 1.29 is 67.3 Å². The Morgan fingerprint density at radius 3 is 2.21 bits per heavy atom. The number of Topliss-reactive ketones (excluding diaryl/α,β-unsaturated/α-hetero) is 1. The summed E-state index contributed by atoms with van der Waals surface area (Å²) in [4.78, 5) is 42.6. The molecule has 17 nitrogen and oxygen atoms in total. The zero-order chi connectivity index (χ0) is 46.2. The third kappa shape index (κ3) is 9.90. The number of ketones is 1. The Balaban J connectivity index is 1.68. The van der Waals surface area contributed by atoms with Crippen molar-refractivity contribution in [1.29, 1.82) is 0 Å². The van der Waals surface area contributed by atoms with E-state index in [9.17, 15) is 48.3 Å². The molecule has 7 N–H and O–H groups in total. The average Bonchev–Trinajstić information content (AvgIpc) is 3.47. The minimum absolute atomic E-state index is 0.0149. The number of hydrogen-bond donors (Lipinski definition) is 7. The number of carbonyl (C=O) groups excluding carboxylic acids is 3. The molecule has 4 aliphatic heterocycles. The molecule has 0 saturated carbocycles. The molecule has 0 spiro atoms. The van der Waals surface area contributed by atoms with Crippen molar-refractivity contribution in [2.45, 2.75) is 111 Å². The maximum Gasteiger partial charge on any atom is 0.312 e. The Kier molecular flexibility index (Phi) is 14.8. The molecule has 0 aromatic heterocycles. The minimum Gasteiger partial charge on any atom is -0.507 e. The SMILES string of the molecule is CO[C@H]1/C=C/O[C@@]2(C)Oc3c(C)c(O)c4c(O)c(c(CN5CCC(NS(C)(=O)=O)CC5)c(O)c4c3C2=O)NC(=O)/C(C)=C\C=C\[C@H](C)[C@H](O)[C@@H](C)[C@@H](O)[C@@H](C)[C@H](OC(C)=O)[C@@H]1C. The summed E-state index contributed by atoms with van der Waals surface area (Å²) in [7, 11) is -2.04. The van der Waals surface area contributed by atoms with Gasteiger partial charge in [0.25, 0.3) is 11.7 Å². The molecule has 62 heavy (non-hydrogen) atoms. The number of aliphatic hydroxyl groups excluding tert-OH is 2. The molecule has 6 rings (SSSR count). The summed E-state index contributed by atoms with van der Waals surface area (Å²) in [5, 5.41) is 60.9. The Labute approximate surface area is 362 Å². The summed E-state index contributed by atoms with van der Waals surface area (Å²) >= 11 is 0. The van der Waals surface area contributed by atoms with E-state index in [4.69, 9.17) is 18.9 Å². The Bertz CT molecular complexity index is 2270. The fourth-order valence-corrected chi connectivity index (χ4v) is 9.52. The number of sulfonamides is 1. The van der Waals surface area contributed by atoms with Crippen molar-refractivity contribution >= 4 is 44.1 Å². The molecule has 2 aromatic rings. The minimum atomic E-state index is -3.46. The summed E-state index contributed by atoms with van der Waals surface area (Å²) < 4.78 is 50.1. The molecule has 9 atom stereocenters. The lowest BCUT2D eigenvalue weighted by Crippen LogP contribution is -2.46. The van der Waals surface area contributed by atoms with Crippen LogP contribution in [0.25, 0.3) is 10.8 Å². The number of piperidine rings is 1. The first-order chi connectivity index (χ1) is 28.9. The first-order valence-electron chi connectivity index (χ1n) is 20.7. The van der Waals surface area contributed by atoms with Crippen molar-refractivity contribution in [3.63, 3.8) is 0 Å². The van der Waals surface area contributed by atoms with Gasteiger partial charge in [0.2, 0.25) is 10.0 Å². The molecule has 1 fully saturated rings. The molecule has 18 heteroatoms. The van der Waals surface area contributed by atoms with Crippen molar-refractivity contribution in [1.82, 2.24) is 9.62 Å². The number of nitrogens with one attached hydrogen (secondary N) is 2. The lowest BCUT2D eigenvalue weighted by molar-refractivity contribution is -0.160. The molecule has 2 aromatic carbocycles. The number of anilines is 1. The van der Waals surface area contributed by atoms with Gasteiger partial charge in [-0.3, -0.25) is 19.3 Å². The molecule has 5 bridgehead atoms. The zero-order valence-electron chi connectivity index (χ0n) is 36.9. The van der Waals surface area contributed by atoms with Crippen LogP contribution in [0.4, 0.5) is 5.69 Å². The van der Waals surface area contributed by atoms with Gasteiger partial charge >= 0.3 is 11.8 Å². The van der Waals surface area contributed by atoms with E-state index >= 15 is 0 Å². The van der Waals surface area contributed by atoms with E-state index in [1.165, 1.54) is 53.2 Å². The number of aliphatic hydroxyl groups is 2. The smallest absolute Gasteiger partial charge is 0.312 e. The second kappa shape index (κ2) is 18.9. The van der Waals surface area contributed by atoms with Crippen LogP contribution < -0.4 is 14.8 Å². The molecule has 1 saturated heterocycles. The van der Waals surface area contributed by atoms with E-state index in [1.54, 1.807) is 39.8 Å². The van der Waals surface area contributed by atoms with Gasteiger partial charge < -0.3 is 49.8 Å². The summed E-state index contributed by atoms with van der Waals surface area (Å²) in [6.07, 6.45) is 5.35. The third-order valence-corrected chi connectivity index (χ3v) is 13.2. The van der Waals surface area contributed by atoms with Crippen LogP contribution in [-0.4, -0.2) is 119 Å².